The zero-order valence-corrected chi connectivity index (χ0v) is 16.5. The number of nitrogens with zero attached hydrogens (tertiary/aromatic N) is 5. The highest BCUT2D eigenvalue weighted by Gasteiger charge is 2.42. The van der Waals surface area contributed by atoms with Crippen LogP contribution in [0, 0.1) is 17.0 Å². The van der Waals surface area contributed by atoms with Crippen molar-refractivity contribution in [3.63, 3.8) is 0 Å². The van der Waals surface area contributed by atoms with E-state index in [9.17, 15) is 14.9 Å². The Morgan fingerprint density at radius 2 is 1.97 bits per heavy atom. The minimum Gasteiger partial charge on any atom is -0.436 e. The Morgan fingerprint density at radius 3 is 2.59 bits per heavy atom. The third-order valence-electron chi connectivity index (χ3n) is 5.28. The standard InChI is InChI=1S/C19H24N6O4/c1-14-3-5-15(6-4-14)20-17(26)23-9-7-22(8-10-23)12-19(2)13-24-11-16(25(27)28)21-18(24)29-19/h3-6,11H,7-10,12-13H2,1-2H3,(H,20,26). The lowest BCUT2D eigenvalue weighted by Gasteiger charge is -2.37. The van der Waals surface area contributed by atoms with Gasteiger partial charge in [0.1, 0.15) is 11.8 Å². The van der Waals surface area contributed by atoms with Crippen molar-refractivity contribution in [1.82, 2.24) is 19.4 Å². The number of rotatable bonds is 4. The van der Waals surface area contributed by atoms with Crippen LogP contribution < -0.4 is 10.1 Å². The maximum Gasteiger partial charge on any atom is 0.415 e. The van der Waals surface area contributed by atoms with Gasteiger partial charge in [-0.3, -0.25) is 9.47 Å². The molecule has 0 bridgehead atoms. The van der Waals surface area contributed by atoms with E-state index in [1.54, 1.807) is 4.57 Å². The van der Waals surface area contributed by atoms with E-state index in [0.717, 1.165) is 24.3 Å². The number of carbonyl (C=O) groups is 1. The van der Waals surface area contributed by atoms with E-state index in [0.29, 0.717) is 26.2 Å². The maximum absolute atomic E-state index is 12.5. The van der Waals surface area contributed by atoms with Gasteiger partial charge < -0.3 is 25.1 Å². The highest BCUT2D eigenvalue weighted by atomic mass is 16.6. The molecule has 2 aliphatic heterocycles. The summed E-state index contributed by atoms with van der Waals surface area (Å²) < 4.78 is 7.59. The molecule has 29 heavy (non-hydrogen) atoms. The summed E-state index contributed by atoms with van der Waals surface area (Å²) in [5.74, 6) is -0.199. The van der Waals surface area contributed by atoms with E-state index in [4.69, 9.17) is 4.74 Å². The summed E-state index contributed by atoms with van der Waals surface area (Å²) in [6, 6.07) is 7.93. The van der Waals surface area contributed by atoms with Crippen LogP contribution in [-0.4, -0.2) is 68.6 Å². The average molecular weight is 400 g/mol. The van der Waals surface area contributed by atoms with Gasteiger partial charge in [0.15, 0.2) is 0 Å². The second-order valence-corrected chi connectivity index (χ2v) is 7.88. The van der Waals surface area contributed by atoms with Gasteiger partial charge in [-0.2, -0.15) is 0 Å². The summed E-state index contributed by atoms with van der Waals surface area (Å²) in [5.41, 5.74) is 1.44. The smallest absolute Gasteiger partial charge is 0.415 e. The van der Waals surface area contributed by atoms with Gasteiger partial charge in [-0.15, -0.1) is 0 Å². The van der Waals surface area contributed by atoms with Crippen LogP contribution in [0.25, 0.3) is 0 Å². The molecule has 2 aromatic rings. The molecule has 1 saturated heterocycles. The predicted molar refractivity (Wildman–Crippen MR) is 106 cm³/mol. The van der Waals surface area contributed by atoms with Gasteiger partial charge in [-0.1, -0.05) is 17.7 Å². The highest BCUT2D eigenvalue weighted by molar-refractivity contribution is 5.89. The number of benzene rings is 1. The monoisotopic (exact) mass is 400 g/mol. The van der Waals surface area contributed by atoms with Crippen molar-refractivity contribution in [3.05, 3.63) is 46.1 Å². The van der Waals surface area contributed by atoms with Crippen LogP contribution in [0.3, 0.4) is 0 Å². The first-order valence-corrected chi connectivity index (χ1v) is 9.57. The minimum absolute atomic E-state index is 0.0933. The lowest BCUT2D eigenvalue weighted by molar-refractivity contribution is -0.389. The summed E-state index contributed by atoms with van der Waals surface area (Å²) in [7, 11) is 0. The maximum atomic E-state index is 12.5. The Labute approximate surface area is 168 Å². The number of hydrogen-bond donors (Lipinski definition) is 1. The number of carbonyl (C=O) groups excluding carboxylic acids is 1. The predicted octanol–water partition coefficient (Wildman–Crippen LogP) is 2.10. The number of amides is 2. The molecule has 1 fully saturated rings. The summed E-state index contributed by atoms with van der Waals surface area (Å²) in [5, 5.41) is 13.8. The van der Waals surface area contributed by atoms with Gasteiger partial charge in [0.25, 0.3) is 0 Å². The molecule has 154 valence electrons. The largest absolute Gasteiger partial charge is 0.436 e. The Hall–Kier alpha value is -3.14. The molecule has 4 rings (SSSR count). The Balaban J connectivity index is 1.27. The quantitative estimate of drug-likeness (QED) is 0.622. The van der Waals surface area contributed by atoms with Crippen LogP contribution in [0.4, 0.5) is 16.3 Å². The van der Waals surface area contributed by atoms with Crippen LogP contribution in [0.5, 0.6) is 6.01 Å². The number of imidazole rings is 1. The second kappa shape index (κ2) is 7.36. The van der Waals surface area contributed by atoms with Crippen molar-refractivity contribution in [3.8, 4) is 6.01 Å². The van der Waals surface area contributed by atoms with Crippen molar-refractivity contribution in [2.24, 2.45) is 0 Å². The Morgan fingerprint density at radius 1 is 1.28 bits per heavy atom. The molecule has 0 aliphatic carbocycles. The van der Waals surface area contributed by atoms with E-state index in [1.807, 2.05) is 43.0 Å². The first-order chi connectivity index (χ1) is 13.8. The van der Waals surface area contributed by atoms with E-state index in [2.05, 4.69) is 15.2 Å². The molecule has 2 aliphatic rings. The molecule has 3 heterocycles. The second-order valence-electron chi connectivity index (χ2n) is 7.88. The van der Waals surface area contributed by atoms with Gasteiger partial charge >= 0.3 is 17.9 Å². The van der Waals surface area contributed by atoms with Crippen LogP contribution in [0.2, 0.25) is 0 Å². The molecule has 0 radical (unpaired) electrons. The molecule has 2 amide bonds. The van der Waals surface area contributed by atoms with Crippen LogP contribution in [-0.2, 0) is 6.54 Å². The van der Waals surface area contributed by atoms with E-state index in [1.165, 1.54) is 6.20 Å². The lowest BCUT2D eigenvalue weighted by Crippen LogP contribution is -2.54. The van der Waals surface area contributed by atoms with Gasteiger partial charge in [0, 0.05) is 43.4 Å². The van der Waals surface area contributed by atoms with Gasteiger partial charge in [0.2, 0.25) is 0 Å². The van der Waals surface area contributed by atoms with Gasteiger partial charge in [0.05, 0.1) is 6.54 Å². The number of nitrogens with one attached hydrogen (secondary N) is 1. The molecule has 1 atom stereocenters. The normalized spacial score (nSPS) is 21.5. The number of ether oxygens (including phenoxy) is 1. The molecule has 10 nitrogen and oxygen atoms in total. The Kier molecular flexibility index (Phi) is 4.87. The van der Waals surface area contributed by atoms with Gasteiger partial charge in [-0.25, -0.2) is 4.79 Å². The third-order valence-corrected chi connectivity index (χ3v) is 5.28. The minimum atomic E-state index is -0.521. The van der Waals surface area contributed by atoms with Crippen molar-refractivity contribution < 1.29 is 14.5 Å². The number of aromatic nitrogens is 2. The van der Waals surface area contributed by atoms with Crippen molar-refractivity contribution in [2.45, 2.75) is 26.0 Å². The first kappa shape index (κ1) is 19.2. The number of hydrogen-bond acceptors (Lipinski definition) is 6. The molecule has 0 saturated carbocycles. The number of urea groups is 1. The molecule has 1 aromatic carbocycles. The zero-order chi connectivity index (χ0) is 20.6. The fourth-order valence-corrected chi connectivity index (χ4v) is 3.79. The number of anilines is 1. The molecule has 1 N–H and O–H groups in total. The van der Waals surface area contributed by atoms with Crippen LogP contribution in [0.15, 0.2) is 30.5 Å². The van der Waals surface area contributed by atoms with Crippen LogP contribution in [0.1, 0.15) is 12.5 Å². The van der Waals surface area contributed by atoms with E-state index in [-0.39, 0.29) is 17.9 Å². The summed E-state index contributed by atoms with van der Waals surface area (Å²) in [6.45, 7) is 7.89. The highest BCUT2D eigenvalue weighted by Crippen LogP contribution is 2.31. The SMILES string of the molecule is Cc1ccc(NC(=O)N2CCN(CC3(C)Cn4cc([N+](=O)[O-])nc4O3)CC2)cc1. The van der Waals surface area contributed by atoms with Crippen molar-refractivity contribution in [1.29, 1.82) is 0 Å². The molecule has 1 aromatic heterocycles. The summed E-state index contributed by atoms with van der Waals surface area (Å²) >= 11 is 0. The van der Waals surface area contributed by atoms with Crippen molar-refractivity contribution >= 4 is 17.5 Å². The van der Waals surface area contributed by atoms with Gasteiger partial charge in [-0.05, 0) is 30.9 Å². The number of piperazine rings is 1. The number of fused-ring (bicyclic) bond motifs is 1. The fourth-order valence-electron chi connectivity index (χ4n) is 3.79. The van der Waals surface area contributed by atoms with Crippen LogP contribution >= 0.6 is 0 Å². The molecule has 10 heteroatoms. The topological polar surface area (TPSA) is 106 Å². The zero-order valence-electron chi connectivity index (χ0n) is 16.5. The molecule has 0 spiro atoms. The number of aryl methyl sites for hydroxylation is 1. The average Bonchev–Trinajstić information content (AvgIpc) is 3.19. The summed E-state index contributed by atoms with van der Waals surface area (Å²) in [4.78, 5) is 30.8. The molecule has 1 unspecified atom stereocenters. The number of nitro groups is 1. The van der Waals surface area contributed by atoms with Crippen molar-refractivity contribution in [2.75, 3.05) is 38.0 Å². The van der Waals surface area contributed by atoms with E-state index >= 15 is 0 Å². The lowest BCUT2D eigenvalue weighted by atomic mass is 10.1. The summed E-state index contributed by atoms with van der Waals surface area (Å²) in [6.07, 6.45) is 1.41. The van der Waals surface area contributed by atoms with E-state index < -0.39 is 10.5 Å². The molecular weight excluding hydrogens is 376 g/mol. The first-order valence-electron chi connectivity index (χ1n) is 9.57. The Bertz CT molecular complexity index is 894. The third kappa shape index (κ3) is 4.16. The fraction of sp³-hybridized carbons (Fsp3) is 0.474. The molecular formula is C19H24N6O4.